The fourth-order valence-corrected chi connectivity index (χ4v) is 1.84. The number of hydrogen-bond acceptors (Lipinski definition) is 0. The van der Waals surface area contributed by atoms with Crippen molar-refractivity contribution in [1.29, 1.82) is 0 Å². The predicted octanol–water partition coefficient (Wildman–Crippen LogP) is 0.197. The Morgan fingerprint density at radius 2 is 1.04 bits per heavy atom. The monoisotopic (exact) mass is 534 g/mol. The second-order valence-electron chi connectivity index (χ2n) is 7.89. The average Bonchev–Trinajstić information content (AvgIpc) is 3.02. The van der Waals surface area contributed by atoms with Crippen LogP contribution in [-0.4, -0.2) is 3.26 Å². The molecule has 0 aromatic carbocycles. The van der Waals surface area contributed by atoms with Crippen molar-refractivity contribution in [2.24, 2.45) is 10.8 Å². The van der Waals surface area contributed by atoms with Crippen LogP contribution in [0.3, 0.4) is 0 Å². The molecule has 0 unspecified atom stereocenters. The van der Waals surface area contributed by atoms with Crippen molar-refractivity contribution < 1.29 is 48.7 Å². The van der Waals surface area contributed by atoms with E-state index in [1.165, 1.54) is 35.0 Å². The smallest absolute Gasteiger partial charge is 1.00 e. The Hall–Kier alpha value is 0.280. The van der Waals surface area contributed by atoms with E-state index in [2.05, 4.69) is 91.8 Å². The Balaban J connectivity index is -0.000000283. The van der Waals surface area contributed by atoms with Gasteiger partial charge in [0.15, 0.2) is 0 Å². The average molecular weight is 534 g/mol. The molecule has 2 aliphatic rings. The van der Waals surface area contributed by atoms with Crippen molar-refractivity contribution in [2.75, 3.05) is 0 Å². The van der Waals surface area contributed by atoms with Crippen LogP contribution >= 0.6 is 0 Å². The van der Waals surface area contributed by atoms with E-state index in [0.717, 1.165) is 12.8 Å². The summed E-state index contributed by atoms with van der Waals surface area (Å²) in [6, 6.07) is 0. The zero-order valence-corrected chi connectivity index (χ0v) is 21.6. The number of hydrogen-bond donors (Lipinski definition) is 0. The van der Waals surface area contributed by atoms with E-state index >= 15 is 0 Å². The second kappa shape index (κ2) is 13.5. The Bertz CT molecular complexity index is 437. The van der Waals surface area contributed by atoms with E-state index in [1.807, 2.05) is 0 Å². The maximum atomic E-state index is 3.30. The third kappa shape index (κ3) is 14.6. The standard InChI is InChI=1S/2C9H13.C3H6.2ClH.Hf/c2*1-9(2,3)8-6-4-5-7-8;1-3-2;;;/h2*4,6H,5H2,1-3H3;1-2H3;2*1H;/q2*-1;;;;+2/p-2. The van der Waals surface area contributed by atoms with Crippen molar-refractivity contribution in [3.8, 4) is 0 Å². The summed E-state index contributed by atoms with van der Waals surface area (Å²) in [5.41, 5.74) is 3.30. The van der Waals surface area contributed by atoms with Crippen LogP contribution in [0.4, 0.5) is 0 Å². The van der Waals surface area contributed by atoms with E-state index in [-0.39, 0.29) is 24.8 Å². The van der Waals surface area contributed by atoms with Crippen LogP contribution in [0.5, 0.6) is 0 Å². The summed E-state index contributed by atoms with van der Waals surface area (Å²) in [7, 11) is 0. The molecule has 0 amide bonds. The summed E-state index contributed by atoms with van der Waals surface area (Å²) < 4.78 is 1.56. The molecule has 0 aromatic rings. The minimum atomic E-state index is 0. The molecule has 0 heterocycles. The van der Waals surface area contributed by atoms with Gasteiger partial charge in [0.05, 0.1) is 0 Å². The molecule has 0 aromatic heterocycles. The number of allylic oxidation sites excluding steroid dienone is 8. The van der Waals surface area contributed by atoms with E-state index < -0.39 is 0 Å². The third-order valence-corrected chi connectivity index (χ3v) is 3.01. The Kier molecular flexibility index (Phi) is 16.3. The van der Waals surface area contributed by atoms with Crippen LogP contribution in [0.25, 0.3) is 0 Å². The zero-order chi connectivity index (χ0) is 17.4. The molecule has 0 atom stereocenters. The van der Waals surface area contributed by atoms with Crippen molar-refractivity contribution in [2.45, 2.75) is 68.2 Å². The van der Waals surface area contributed by atoms with Gasteiger partial charge in [-0.3, -0.25) is 12.2 Å². The summed E-state index contributed by atoms with van der Waals surface area (Å²) in [6.45, 7) is 17.6. The quantitative estimate of drug-likeness (QED) is 0.308. The van der Waals surface area contributed by atoms with E-state index in [4.69, 9.17) is 0 Å². The Labute approximate surface area is 177 Å². The Morgan fingerprint density at radius 3 is 1.12 bits per heavy atom. The Morgan fingerprint density at radius 1 is 0.792 bits per heavy atom. The van der Waals surface area contributed by atoms with Gasteiger partial charge in [-0.2, -0.15) is 12.2 Å². The molecule has 0 N–H and O–H groups in total. The molecule has 0 bridgehead atoms. The molecule has 0 spiro atoms. The van der Waals surface area contributed by atoms with Gasteiger partial charge in [-0.15, -0.1) is 12.8 Å². The van der Waals surface area contributed by atoms with Crippen LogP contribution in [0, 0.1) is 23.0 Å². The van der Waals surface area contributed by atoms with E-state index in [9.17, 15) is 0 Å². The first-order valence-electron chi connectivity index (χ1n) is 8.02. The van der Waals surface area contributed by atoms with E-state index in [0.29, 0.717) is 10.8 Å². The molecule has 136 valence electrons. The summed E-state index contributed by atoms with van der Waals surface area (Å²) in [4.78, 5) is 0. The molecule has 0 nitrogen and oxygen atoms in total. The topological polar surface area (TPSA) is 0 Å². The van der Waals surface area contributed by atoms with Gasteiger partial charge < -0.3 is 24.8 Å². The number of rotatable bonds is 0. The van der Waals surface area contributed by atoms with Gasteiger partial charge in [0.25, 0.3) is 0 Å². The first kappa shape index (κ1) is 29.1. The van der Waals surface area contributed by atoms with Crippen molar-refractivity contribution in [1.82, 2.24) is 0 Å². The third-order valence-electron chi connectivity index (χ3n) is 3.01. The second-order valence-corrected chi connectivity index (χ2v) is 11.5. The maximum absolute atomic E-state index is 3.30. The van der Waals surface area contributed by atoms with Gasteiger partial charge in [0.1, 0.15) is 0 Å². The maximum Gasteiger partial charge on any atom is -1.00 e. The first-order chi connectivity index (χ1) is 9.94. The van der Waals surface area contributed by atoms with E-state index in [1.54, 1.807) is 3.26 Å². The summed E-state index contributed by atoms with van der Waals surface area (Å²) in [5.74, 6) is 0. The molecule has 24 heavy (non-hydrogen) atoms. The van der Waals surface area contributed by atoms with Crippen LogP contribution in [-0.2, 0) is 23.9 Å². The van der Waals surface area contributed by atoms with Gasteiger partial charge in [-0.05, 0) is 10.8 Å². The predicted molar refractivity (Wildman–Crippen MR) is 96.3 cm³/mol. The molecule has 0 radical (unpaired) electrons. The van der Waals surface area contributed by atoms with Gasteiger partial charge in [0.2, 0.25) is 0 Å². The van der Waals surface area contributed by atoms with Gasteiger partial charge in [-0.25, -0.2) is 23.3 Å². The van der Waals surface area contributed by atoms with Crippen molar-refractivity contribution in [3.05, 3.63) is 47.6 Å². The van der Waals surface area contributed by atoms with Crippen LogP contribution in [0.15, 0.2) is 35.5 Å². The minimum Gasteiger partial charge on any atom is -1.00 e. The molecule has 2 rings (SSSR count). The SMILES string of the molecule is CC(C)(C)C1=[C-]CC=C1.CC(C)(C)C1=[C-]CC=C1.C[C](C)=[Hf+2].[Cl-].[Cl-]. The molecule has 0 fully saturated rings. The summed E-state index contributed by atoms with van der Waals surface area (Å²) in [5, 5.41) is 0. The molecule has 0 aliphatic heterocycles. The summed E-state index contributed by atoms with van der Waals surface area (Å²) in [6.07, 6.45) is 17.3. The molecular formula is C21H32Cl2Hf-2. The van der Waals surface area contributed by atoms with Gasteiger partial charge in [-0.1, -0.05) is 41.5 Å². The van der Waals surface area contributed by atoms with Crippen molar-refractivity contribution >= 4 is 3.26 Å². The first-order valence-corrected chi connectivity index (χ1v) is 9.81. The van der Waals surface area contributed by atoms with Gasteiger partial charge in [0, 0.05) is 0 Å². The fraction of sp³-hybridized carbons (Fsp3) is 0.571. The molecule has 3 heteroatoms. The fourth-order valence-electron chi connectivity index (χ4n) is 1.84. The number of halogens is 2. The van der Waals surface area contributed by atoms with Crippen LogP contribution in [0.2, 0.25) is 0 Å². The van der Waals surface area contributed by atoms with Crippen LogP contribution in [0.1, 0.15) is 68.2 Å². The molecule has 0 saturated heterocycles. The molecular weight excluding hydrogens is 502 g/mol. The minimum absolute atomic E-state index is 0. The van der Waals surface area contributed by atoms with Crippen LogP contribution < -0.4 is 24.8 Å². The van der Waals surface area contributed by atoms with Crippen molar-refractivity contribution in [3.63, 3.8) is 0 Å². The van der Waals surface area contributed by atoms with Gasteiger partial charge >= 0.3 is 41.0 Å². The summed E-state index contributed by atoms with van der Waals surface area (Å²) >= 11 is 1.27. The largest absolute Gasteiger partial charge is 1.00 e. The normalized spacial score (nSPS) is 14.9. The molecule has 2 aliphatic carbocycles. The molecule has 0 saturated carbocycles. The zero-order valence-electron chi connectivity index (χ0n) is 16.5.